The van der Waals surface area contributed by atoms with Crippen molar-refractivity contribution in [2.45, 2.75) is 38.6 Å². The second-order valence-electron chi connectivity index (χ2n) is 7.29. The second kappa shape index (κ2) is 5.98. The number of aryl methyl sites for hydroxylation is 1. The largest absolute Gasteiger partial charge is 0.356 e. The third kappa shape index (κ3) is 2.86. The Labute approximate surface area is 137 Å². The zero-order valence-corrected chi connectivity index (χ0v) is 13.7. The highest BCUT2D eigenvalue weighted by Gasteiger charge is 2.42. The Balaban J connectivity index is 1.34. The average Bonchev–Trinajstić information content (AvgIpc) is 3.22. The highest BCUT2D eigenvalue weighted by atomic mass is 16.2. The molecule has 2 atom stereocenters. The van der Waals surface area contributed by atoms with Crippen molar-refractivity contribution >= 4 is 11.8 Å². The van der Waals surface area contributed by atoms with Gasteiger partial charge in [0.2, 0.25) is 0 Å². The molecule has 2 unspecified atom stereocenters. The fourth-order valence-electron chi connectivity index (χ4n) is 4.39. The molecule has 0 bridgehead atoms. The number of nitrogens with zero attached hydrogens (tertiary/aromatic N) is 4. The molecule has 0 spiro atoms. The highest BCUT2D eigenvalue weighted by Crippen LogP contribution is 2.34. The molecule has 124 valence electrons. The van der Waals surface area contributed by atoms with E-state index in [4.69, 9.17) is 0 Å². The molecule has 1 aromatic rings. The fraction of sp³-hybridized carbons (Fsp3) is 0.706. The van der Waals surface area contributed by atoms with Gasteiger partial charge in [0.05, 0.1) is 0 Å². The van der Waals surface area contributed by atoms with Crippen LogP contribution in [0.15, 0.2) is 12.5 Å². The van der Waals surface area contributed by atoms with Crippen LogP contribution in [0.3, 0.4) is 0 Å². The summed E-state index contributed by atoms with van der Waals surface area (Å²) in [6.07, 6.45) is 8.29. The van der Waals surface area contributed by atoms with Crippen LogP contribution in [0.5, 0.6) is 0 Å². The topological polar surface area (TPSA) is 61.4 Å². The predicted molar refractivity (Wildman–Crippen MR) is 88.3 cm³/mol. The molecule has 1 aromatic heterocycles. The lowest BCUT2D eigenvalue weighted by atomic mass is 10.0. The van der Waals surface area contributed by atoms with Gasteiger partial charge in [0.25, 0.3) is 0 Å². The van der Waals surface area contributed by atoms with Crippen LogP contribution in [0.2, 0.25) is 0 Å². The number of aromatic nitrogens is 2. The van der Waals surface area contributed by atoms with E-state index < -0.39 is 0 Å². The van der Waals surface area contributed by atoms with Gasteiger partial charge in [-0.1, -0.05) is 12.8 Å². The third-order valence-corrected chi connectivity index (χ3v) is 5.62. The molecular formula is C17H25N5O. The van der Waals surface area contributed by atoms with Crippen LogP contribution in [-0.4, -0.2) is 53.1 Å². The Morgan fingerprint density at radius 3 is 2.52 bits per heavy atom. The van der Waals surface area contributed by atoms with E-state index in [-0.39, 0.29) is 6.03 Å². The van der Waals surface area contributed by atoms with E-state index >= 15 is 0 Å². The van der Waals surface area contributed by atoms with Crippen molar-refractivity contribution in [3.63, 3.8) is 0 Å². The molecule has 1 saturated carbocycles. The van der Waals surface area contributed by atoms with Gasteiger partial charge in [0.1, 0.15) is 12.1 Å². The zero-order valence-electron chi connectivity index (χ0n) is 13.7. The minimum Gasteiger partial charge on any atom is -0.356 e. The number of hydrogen-bond acceptors (Lipinski definition) is 4. The summed E-state index contributed by atoms with van der Waals surface area (Å²) in [5.74, 6) is 2.19. The van der Waals surface area contributed by atoms with Crippen LogP contribution >= 0.6 is 0 Å². The molecule has 3 heterocycles. The minimum absolute atomic E-state index is 0.149. The molecule has 2 amide bonds. The number of amides is 2. The number of fused-ring (bicyclic) bond motifs is 1. The molecule has 6 nitrogen and oxygen atoms in total. The SMILES string of the molecule is Cc1cncnc1N1CC2CN(C(=O)NC3CCCC3)CC2C1. The molecule has 0 aromatic carbocycles. The van der Waals surface area contributed by atoms with E-state index in [0.717, 1.165) is 50.4 Å². The molecule has 3 aliphatic rings. The van der Waals surface area contributed by atoms with Crippen molar-refractivity contribution in [3.05, 3.63) is 18.1 Å². The lowest BCUT2D eigenvalue weighted by Gasteiger charge is -2.24. The average molecular weight is 315 g/mol. The lowest BCUT2D eigenvalue weighted by Crippen LogP contribution is -2.44. The van der Waals surface area contributed by atoms with E-state index in [0.29, 0.717) is 17.9 Å². The summed E-state index contributed by atoms with van der Waals surface area (Å²) >= 11 is 0. The summed E-state index contributed by atoms with van der Waals surface area (Å²) in [5, 5.41) is 3.21. The van der Waals surface area contributed by atoms with Crippen LogP contribution in [0, 0.1) is 18.8 Å². The van der Waals surface area contributed by atoms with Crippen molar-refractivity contribution < 1.29 is 4.79 Å². The summed E-state index contributed by atoms with van der Waals surface area (Å²) in [7, 11) is 0. The van der Waals surface area contributed by atoms with E-state index in [2.05, 4.69) is 27.1 Å². The fourth-order valence-corrected chi connectivity index (χ4v) is 4.39. The van der Waals surface area contributed by atoms with E-state index in [1.54, 1.807) is 6.33 Å². The van der Waals surface area contributed by atoms with Gasteiger partial charge < -0.3 is 15.1 Å². The quantitative estimate of drug-likeness (QED) is 0.904. The number of carbonyl (C=O) groups excluding carboxylic acids is 1. The van der Waals surface area contributed by atoms with Crippen LogP contribution in [0.25, 0.3) is 0 Å². The number of rotatable bonds is 2. The van der Waals surface area contributed by atoms with E-state index in [9.17, 15) is 4.79 Å². The minimum atomic E-state index is 0.149. The summed E-state index contributed by atoms with van der Waals surface area (Å²) in [6.45, 7) is 5.81. The van der Waals surface area contributed by atoms with Gasteiger partial charge in [-0.15, -0.1) is 0 Å². The monoisotopic (exact) mass is 315 g/mol. The van der Waals surface area contributed by atoms with E-state index in [1.165, 1.54) is 12.8 Å². The molecule has 2 saturated heterocycles. The first-order chi connectivity index (χ1) is 11.2. The lowest BCUT2D eigenvalue weighted by molar-refractivity contribution is 0.201. The van der Waals surface area contributed by atoms with Gasteiger partial charge in [0.15, 0.2) is 0 Å². The van der Waals surface area contributed by atoms with Gasteiger partial charge in [-0.25, -0.2) is 14.8 Å². The molecule has 23 heavy (non-hydrogen) atoms. The number of anilines is 1. The van der Waals surface area contributed by atoms with Crippen molar-refractivity contribution in [1.29, 1.82) is 0 Å². The summed E-state index contributed by atoms with van der Waals surface area (Å²) in [4.78, 5) is 25.3. The number of hydrogen-bond donors (Lipinski definition) is 1. The number of carbonyl (C=O) groups is 1. The summed E-state index contributed by atoms with van der Waals surface area (Å²) in [6, 6.07) is 0.555. The maximum Gasteiger partial charge on any atom is 0.317 e. The Kier molecular flexibility index (Phi) is 3.83. The molecule has 4 rings (SSSR count). The first-order valence-corrected chi connectivity index (χ1v) is 8.77. The van der Waals surface area contributed by atoms with Crippen molar-refractivity contribution in [3.8, 4) is 0 Å². The maximum atomic E-state index is 12.4. The van der Waals surface area contributed by atoms with Gasteiger partial charge in [-0.05, 0) is 19.8 Å². The summed E-state index contributed by atoms with van der Waals surface area (Å²) in [5.41, 5.74) is 1.13. The maximum absolute atomic E-state index is 12.4. The first kappa shape index (κ1) is 14.7. The molecule has 6 heteroatoms. The van der Waals surface area contributed by atoms with Crippen LogP contribution in [0.1, 0.15) is 31.2 Å². The van der Waals surface area contributed by atoms with E-state index in [1.807, 2.05) is 11.1 Å². The molecular weight excluding hydrogens is 290 g/mol. The van der Waals surface area contributed by atoms with Crippen molar-refractivity contribution in [2.75, 3.05) is 31.1 Å². The predicted octanol–water partition coefficient (Wildman–Crippen LogP) is 1.81. The molecule has 3 fully saturated rings. The smallest absolute Gasteiger partial charge is 0.317 e. The Bertz CT molecular complexity index is 572. The summed E-state index contributed by atoms with van der Waals surface area (Å²) < 4.78 is 0. The standard InChI is InChI=1S/C17H25N5O/c1-12-6-18-11-19-16(12)21-7-13-9-22(10-14(13)8-21)17(23)20-15-4-2-3-5-15/h6,11,13-15H,2-5,7-10H2,1H3,(H,20,23). The van der Waals surface area contributed by atoms with Crippen LogP contribution in [-0.2, 0) is 0 Å². The van der Waals surface area contributed by atoms with Gasteiger partial charge >= 0.3 is 6.03 Å². The molecule has 2 aliphatic heterocycles. The number of likely N-dealkylation sites (tertiary alicyclic amines) is 1. The Morgan fingerprint density at radius 1 is 1.17 bits per heavy atom. The van der Waals surface area contributed by atoms with Crippen LogP contribution in [0.4, 0.5) is 10.6 Å². The Hall–Kier alpha value is -1.85. The highest BCUT2D eigenvalue weighted by molar-refractivity contribution is 5.75. The second-order valence-corrected chi connectivity index (χ2v) is 7.29. The third-order valence-electron chi connectivity index (χ3n) is 5.62. The normalized spacial score (nSPS) is 27.5. The molecule has 1 aliphatic carbocycles. The zero-order chi connectivity index (χ0) is 15.8. The van der Waals surface area contributed by atoms with Gasteiger partial charge in [-0.3, -0.25) is 0 Å². The van der Waals surface area contributed by atoms with Crippen molar-refractivity contribution in [2.24, 2.45) is 11.8 Å². The van der Waals surface area contributed by atoms with Gasteiger partial charge in [0, 0.05) is 55.8 Å². The van der Waals surface area contributed by atoms with Crippen molar-refractivity contribution in [1.82, 2.24) is 20.2 Å². The number of nitrogens with one attached hydrogen (secondary N) is 1. The molecule has 0 radical (unpaired) electrons. The molecule has 1 N–H and O–H groups in total. The first-order valence-electron chi connectivity index (χ1n) is 8.77. The van der Waals surface area contributed by atoms with Crippen LogP contribution < -0.4 is 10.2 Å². The number of urea groups is 1. The van der Waals surface area contributed by atoms with Gasteiger partial charge in [-0.2, -0.15) is 0 Å². The Morgan fingerprint density at radius 2 is 1.87 bits per heavy atom.